The summed E-state index contributed by atoms with van der Waals surface area (Å²) in [5, 5.41) is 3.68. The maximum absolute atomic E-state index is 14.4. The average Bonchev–Trinajstić information content (AvgIpc) is 2.68. The molecule has 26 heavy (non-hydrogen) atoms. The second-order valence-corrected chi connectivity index (χ2v) is 6.98. The van der Waals surface area contributed by atoms with E-state index in [-0.39, 0.29) is 11.7 Å². The van der Waals surface area contributed by atoms with Crippen LogP contribution < -0.4 is 10.1 Å². The molecule has 0 spiro atoms. The Bertz CT molecular complexity index is 745. The quantitative estimate of drug-likeness (QED) is 0.707. The number of carbonyl (C=O) groups is 1. The summed E-state index contributed by atoms with van der Waals surface area (Å²) in [4.78, 5) is 13.1. The smallest absolute Gasteiger partial charge is 0.235 e. The third-order valence-corrected chi connectivity index (χ3v) is 4.95. The zero-order valence-electron chi connectivity index (χ0n) is 14.3. The molecule has 138 valence electrons. The lowest BCUT2D eigenvalue weighted by atomic mass is 9.73. The summed E-state index contributed by atoms with van der Waals surface area (Å²) in [7, 11) is 0. The molecule has 0 unspecified atom stereocenters. The van der Waals surface area contributed by atoms with Gasteiger partial charge in [0.05, 0.1) is 12.0 Å². The van der Waals surface area contributed by atoms with Crippen molar-refractivity contribution >= 4 is 27.5 Å². The average molecular weight is 422 g/mol. The normalized spacial score (nSPS) is 16.1. The van der Waals surface area contributed by atoms with E-state index in [1.165, 1.54) is 6.07 Å². The van der Waals surface area contributed by atoms with Crippen molar-refractivity contribution in [1.82, 2.24) is 0 Å². The predicted molar refractivity (Wildman–Crippen MR) is 102 cm³/mol. The molecule has 1 N–H and O–H groups in total. The highest BCUT2D eigenvalue weighted by molar-refractivity contribution is 9.09. The highest BCUT2D eigenvalue weighted by Gasteiger charge is 2.43. The van der Waals surface area contributed by atoms with Crippen LogP contribution in [0.1, 0.15) is 18.4 Å². The third kappa shape index (κ3) is 4.07. The summed E-state index contributed by atoms with van der Waals surface area (Å²) in [5.41, 5.74) is 0.163. The lowest BCUT2D eigenvalue weighted by Gasteiger charge is -2.36. The molecule has 2 aromatic rings. The molecule has 0 saturated carbocycles. The minimum atomic E-state index is -0.922. The monoisotopic (exact) mass is 421 g/mol. The van der Waals surface area contributed by atoms with Crippen molar-refractivity contribution < 1.29 is 18.7 Å². The minimum Gasteiger partial charge on any atom is -0.493 e. The molecular formula is C20H21BrFNO3. The second-order valence-electron chi connectivity index (χ2n) is 6.19. The van der Waals surface area contributed by atoms with Gasteiger partial charge in [-0.3, -0.25) is 4.79 Å². The molecule has 0 aromatic heterocycles. The molecule has 1 saturated heterocycles. The van der Waals surface area contributed by atoms with Gasteiger partial charge in [-0.05, 0) is 43.2 Å². The van der Waals surface area contributed by atoms with E-state index in [1.54, 1.807) is 42.5 Å². The molecule has 1 aliphatic rings. The van der Waals surface area contributed by atoms with Gasteiger partial charge in [0.2, 0.25) is 5.91 Å². The molecular weight excluding hydrogens is 401 g/mol. The van der Waals surface area contributed by atoms with E-state index >= 15 is 0 Å². The molecule has 1 aliphatic heterocycles. The molecule has 1 heterocycles. The van der Waals surface area contributed by atoms with Gasteiger partial charge in [-0.2, -0.15) is 0 Å². The summed E-state index contributed by atoms with van der Waals surface area (Å²) in [5.74, 6) is 0.167. The minimum absolute atomic E-state index is 0.208. The molecule has 0 atom stereocenters. The fraction of sp³-hybridized carbons (Fsp3) is 0.350. The second kappa shape index (κ2) is 8.64. The van der Waals surface area contributed by atoms with E-state index in [0.29, 0.717) is 43.9 Å². The number of alkyl halides is 1. The summed E-state index contributed by atoms with van der Waals surface area (Å²) < 4.78 is 25.4. The van der Waals surface area contributed by atoms with Gasteiger partial charge in [-0.25, -0.2) is 4.39 Å². The van der Waals surface area contributed by atoms with Gasteiger partial charge in [0.1, 0.15) is 11.6 Å². The Morgan fingerprint density at radius 3 is 2.50 bits per heavy atom. The molecule has 0 radical (unpaired) electrons. The van der Waals surface area contributed by atoms with Crippen molar-refractivity contribution in [2.45, 2.75) is 18.3 Å². The van der Waals surface area contributed by atoms with E-state index in [0.717, 1.165) is 11.1 Å². The summed E-state index contributed by atoms with van der Waals surface area (Å²) in [6.45, 7) is 1.43. The number of halogens is 2. The first-order valence-corrected chi connectivity index (χ1v) is 9.71. The van der Waals surface area contributed by atoms with Crippen LogP contribution in [0.5, 0.6) is 5.75 Å². The van der Waals surface area contributed by atoms with Crippen LogP contribution in [0.2, 0.25) is 0 Å². The van der Waals surface area contributed by atoms with Crippen LogP contribution in [0, 0.1) is 5.82 Å². The maximum atomic E-state index is 14.4. The number of anilines is 1. The molecule has 2 aromatic carbocycles. The number of rotatable bonds is 6. The van der Waals surface area contributed by atoms with Crippen LogP contribution in [0.4, 0.5) is 10.1 Å². The van der Waals surface area contributed by atoms with Gasteiger partial charge in [0.15, 0.2) is 0 Å². The van der Waals surface area contributed by atoms with Crippen LogP contribution in [0.25, 0.3) is 0 Å². The fourth-order valence-electron chi connectivity index (χ4n) is 3.23. The van der Waals surface area contributed by atoms with E-state index in [2.05, 4.69) is 21.2 Å². The van der Waals surface area contributed by atoms with Crippen LogP contribution >= 0.6 is 15.9 Å². The Labute approximate surface area is 160 Å². The van der Waals surface area contributed by atoms with Crippen LogP contribution in [0.15, 0.2) is 48.5 Å². The van der Waals surface area contributed by atoms with Gasteiger partial charge < -0.3 is 14.8 Å². The van der Waals surface area contributed by atoms with Crippen molar-refractivity contribution in [2.24, 2.45) is 0 Å². The SMILES string of the molecule is O=C(Nc1ccc(OCCBr)cc1)C1(c2ccccc2F)CCOCC1. The predicted octanol–water partition coefficient (Wildman–Crippen LogP) is 4.29. The van der Waals surface area contributed by atoms with Crippen molar-refractivity contribution in [3.05, 3.63) is 59.9 Å². The van der Waals surface area contributed by atoms with Crippen LogP contribution in [0.3, 0.4) is 0 Å². The Hall–Kier alpha value is -1.92. The Kier molecular flexibility index (Phi) is 6.27. The summed E-state index contributed by atoms with van der Waals surface area (Å²) >= 11 is 3.31. The Balaban J connectivity index is 1.81. The van der Waals surface area contributed by atoms with Crippen LogP contribution in [-0.2, 0) is 14.9 Å². The number of amides is 1. The summed E-state index contributed by atoms with van der Waals surface area (Å²) in [6.07, 6.45) is 0.901. The highest BCUT2D eigenvalue weighted by Crippen LogP contribution is 2.37. The van der Waals surface area contributed by atoms with Gasteiger partial charge in [-0.15, -0.1) is 0 Å². The number of carbonyl (C=O) groups excluding carboxylic acids is 1. The Morgan fingerprint density at radius 2 is 1.85 bits per heavy atom. The number of hydrogen-bond donors (Lipinski definition) is 1. The zero-order valence-corrected chi connectivity index (χ0v) is 15.9. The molecule has 3 rings (SSSR count). The van der Waals surface area contributed by atoms with Gasteiger partial charge in [0.25, 0.3) is 0 Å². The molecule has 0 bridgehead atoms. The fourth-order valence-corrected chi connectivity index (χ4v) is 3.39. The van der Waals surface area contributed by atoms with Gasteiger partial charge in [0, 0.05) is 29.8 Å². The van der Waals surface area contributed by atoms with Gasteiger partial charge in [-0.1, -0.05) is 34.1 Å². The molecule has 4 nitrogen and oxygen atoms in total. The number of benzene rings is 2. The first-order chi connectivity index (χ1) is 12.7. The number of nitrogens with one attached hydrogen (secondary N) is 1. The van der Waals surface area contributed by atoms with E-state index in [1.807, 2.05) is 0 Å². The molecule has 0 aliphatic carbocycles. The van der Waals surface area contributed by atoms with E-state index in [9.17, 15) is 9.18 Å². The lowest BCUT2D eigenvalue weighted by Crippen LogP contribution is -2.45. The summed E-state index contributed by atoms with van der Waals surface area (Å²) in [6, 6.07) is 13.7. The first kappa shape index (κ1) is 18.9. The molecule has 1 fully saturated rings. The topological polar surface area (TPSA) is 47.6 Å². The lowest BCUT2D eigenvalue weighted by molar-refractivity contribution is -0.125. The zero-order chi connectivity index (χ0) is 18.4. The van der Waals surface area contributed by atoms with Crippen molar-refractivity contribution in [1.29, 1.82) is 0 Å². The highest BCUT2D eigenvalue weighted by atomic mass is 79.9. The first-order valence-electron chi connectivity index (χ1n) is 8.59. The van der Waals surface area contributed by atoms with Gasteiger partial charge >= 0.3 is 0 Å². The van der Waals surface area contributed by atoms with Crippen molar-refractivity contribution in [2.75, 3.05) is 30.5 Å². The Morgan fingerprint density at radius 1 is 1.15 bits per heavy atom. The third-order valence-electron chi connectivity index (χ3n) is 4.63. The number of hydrogen-bond acceptors (Lipinski definition) is 3. The largest absolute Gasteiger partial charge is 0.493 e. The van der Waals surface area contributed by atoms with E-state index in [4.69, 9.17) is 9.47 Å². The van der Waals surface area contributed by atoms with Crippen molar-refractivity contribution in [3.63, 3.8) is 0 Å². The number of ether oxygens (including phenoxy) is 2. The maximum Gasteiger partial charge on any atom is 0.235 e. The van der Waals surface area contributed by atoms with Crippen LogP contribution in [-0.4, -0.2) is 31.1 Å². The molecule has 1 amide bonds. The van der Waals surface area contributed by atoms with E-state index < -0.39 is 5.41 Å². The molecule has 6 heteroatoms. The standard InChI is InChI=1S/C20H21BrFNO3/c21-11-14-26-16-7-5-15(6-8-16)23-19(24)20(9-12-25-13-10-20)17-3-1-2-4-18(17)22/h1-8H,9-14H2,(H,23,24). The van der Waals surface area contributed by atoms with Crippen molar-refractivity contribution in [3.8, 4) is 5.75 Å².